The Morgan fingerprint density at radius 2 is 2.37 bits per heavy atom. The van der Waals surface area contributed by atoms with Crippen molar-refractivity contribution in [1.82, 2.24) is 4.57 Å². The lowest BCUT2D eigenvalue weighted by Gasteiger charge is -2.24. The number of aromatic nitrogens is 1. The van der Waals surface area contributed by atoms with Crippen molar-refractivity contribution >= 4 is 0 Å². The van der Waals surface area contributed by atoms with Gasteiger partial charge >= 0.3 is 0 Å². The highest BCUT2D eigenvalue weighted by Crippen LogP contribution is 2.33. The summed E-state index contributed by atoms with van der Waals surface area (Å²) < 4.78 is 7.92. The van der Waals surface area contributed by atoms with Gasteiger partial charge in [0.05, 0.1) is 6.26 Å². The van der Waals surface area contributed by atoms with E-state index in [1.807, 2.05) is 12.1 Å². The van der Waals surface area contributed by atoms with Crippen molar-refractivity contribution in [3.63, 3.8) is 0 Å². The van der Waals surface area contributed by atoms with Gasteiger partial charge in [-0.05, 0) is 56.9 Å². The molecule has 2 aromatic rings. The van der Waals surface area contributed by atoms with Crippen molar-refractivity contribution in [2.24, 2.45) is 5.73 Å². The Bertz CT molecular complexity index is 554. The quantitative estimate of drug-likeness (QED) is 0.915. The number of nitrogens with two attached hydrogens (primary N) is 1. The summed E-state index contributed by atoms with van der Waals surface area (Å²) in [5.74, 6) is 1.05. The zero-order valence-electron chi connectivity index (χ0n) is 11.7. The normalized spacial score (nSPS) is 20.3. The zero-order chi connectivity index (χ0) is 13.4. The molecule has 0 amide bonds. The predicted octanol–water partition coefficient (Wildman–Crippen LogP) is 3.53. The zero-order valence-corrected chi connectivity index (χ0v) is 11.7. The summed E-state index contributed by atoms with van der Waals surface area (Å²) in [6.07, 6.45) is 6.15. The van der Waals surface area contributed by atoms with Crippen LogP contribution in [-0.2, 0) is 12.8 Å². The van der Waals surface area contributed by atoms with Crippen molar-refractivity contribution < 1.29 is 4.42 Å². The summed E-state index contributed by atoms with van der Waals surface area (Å²) in [5.41, 5.74) is 10.4. The second-order valence-electron chi connectivity index (χ2n) is 5.69. The minimum absolute atomic E-state index is 0.222. The lowest BCUT2D eigenvalue weighted by Crippen LogP contribution is -2.20. The van der Waals surface area contributed by atoms with Crippen LogP contribution in [0.5, 0.6) is 0 Å². The van der Waals surface area contributed by atoms with Gasteiger partial charge in [-0.3, -0.25) is 0 Å². The Morgan fingerprint density at radius 3 is 3.11 bits per heavy atom. The third kappa shape index (κ3) is 2.23. The van der Waals surface area contributed by atoms with Crippen LogP contribution < -0.4 is 5.73 Å². The van der Waals surface area contributed by atoms with Crippen molar-refractivity contribution in [3.05, 3.63) is 47.2 Å². The van der Waals surface area contributed by atoms with Gasteiger partial charge in [0.2, 0.25) is 0 Å². The molecule has 0 aromatic carbocycles. The molecule has 2 N–H and O–H groups in total. The van der Waals surface area contributed by atoms with Crippen molar-refractivity contribution in [1.29, 1.82) is 0 Å². The highest BCUT2D eigenvalue weighted by molar-refractivity contribution is 5.33. The monoisotopic (exact) mass is 258 g/mol. The van der Waals surface area contributed by atoms with Crippen LogP contribution in [0.4, 0.5) is 0 Å². The number of nitrogens with zero attached hydrogens (tertiary/aromatic N) is 1. The van der Waals surface area contributed by atoms with Crippen LogP contribution in [0.3, 0.4) is 0 Å². The molecule has 0 spiro atoms. The maximum absolute atomic E-state index is 6.23. The van der Waals surface area contributed by atoms with Gasteiger partial charge in [-0.25, -0.2) is 0 Å². The molecule has 102 valence electrons. The Kier molecular flexibility index (Phi) is 3.23. The van der Waals surface area contributed by atoms with Crippen LogP contribution in [0.25, 0.3) is 0 Å². The molecule has 0 bridgehead atoms. The number of hydrogen-bond donors (Lipinski definition) is 1. The fraction of sp³-hybridized carbons (Fsp3) is 0.500. The number of hydrogen-bond acceptors (Lipinski definition) is 2. The maximum Gasteiger partial charge on any atom is 0.105 e. The summed E-state index contributed by atoms with van der Waals surface area (Å²) in [4.78, 5) is 0. The fourth-order valence-electron chi connectivity index (χ4n) is 3.39. The van der Waals surface area contributed by atoms with Crippen molar-refractivity contribution in [2.75, 3.05) is 0 Å². The Morgan fingerprint density at radius 1 is 1.53 bits per heavy atom. The second kappa shape index (κ2) is 4.89. The van der Waals surface area contributed by atoms with E-state index < -0.39 is 0 Å². The van der Waals surface area contributed by atoms with Crippen LogP contribution in [0, 0.1) is 6.92 Å². The minimum atomic E-state index is 0.222. The third-order valence-corrected chi connectivity index (χ3v) is 4.21. The molecule has 0 fully saturated rings. The van der Waals surface area contributed by atoms with E-state index in [2.05, 4.69) is 24.5 Å². The van der Waals surface area contributed by atoms with Gasteiger partial charge in [0.1, 0.15) is 5.76 Å². The van der Waals surface area contributed by atoms with Gasteiger partial charge in [-0.2, -0.15) is 0 Å². The first kappa shape index (κ1) is 12.5. The third-order valence-electron chi connectivity index (χ3n) is 4.21. The summed E-state index contributed by atoms with van der Waals surface area (Å²) in [7, 11) is 0. The first-order chi connectivity index (χ1) is 9.16. The van der Waals surface area contributed by atoms with E-state index in [4.69, 9.17) is 10.2 Å². The predicted molar refractivity (Wildman–Crippen MR) is 76.2 cm³/mol. The summed E-state index contributed by atoms with van der Waals surface area (Å²) in [6.45, 7) is 4.44. The SMILES string of the molecule is Cc1cc2c(n1C(C)Cc1ccco1)CCCC2N. The first-order valence-electron chi connectivity index (χ1n) is 7.15. The first-order valence-corrected chi connectivity index (χ1v) is 7.15. The average Bonchev–Trinajstić information content (AvgIpc) is 2.96. The van der Waals surface area contributed by atoms with Gasteiger partial charge < -0.3 is 14.7 Å². The maximum atomic E-state index is 6.23. The molecule has 1 aliphatic rings. The highest BCUT2D eigenvalue weighted by Gasteiger charge is 2.24. The smallest absolute Gasteiger partial charge is 0.105 e. The van der Waals surface area contributed by atoms with E-state index in [1.165, 1.54) is 23.4 Å². The van der Waals surface area contributed by atoms with Crippen LogP contribution in [0.1, 0.15) is 54.6 Å². The molecular weight excluding hydrogens is 236 g/mol. The Hall–Kier alpha value is -1.48. The molecule has 2 heterocycles. The van der Waals surface area contributed by atoms with Crippen LogP contribution in [0.2, 0.25) is 0 Å². The standard InChI is InChI=1S/C16H22N2O/c1-11(9-13-5-4-8-19-13)18-12(2)10-14-15(17)6-3-7-16(14)18/h4-5,8,10-11,15H,3,6-7,9,17H2,1-2H3. The lowest BCUT2D eigenvalue weighted by molar-refractivity contribution is 0.431. The largest absolute Gasteiger partial charge is 0.469 e. The van der Waals surface area contributed by atoms with Crippen LogP contribution >= 0.6 is 0 Å². The number of fused-ring (bicyclic) bond motifs is 1. The molecule has 1 aliphatic carbocycles. The Labute approximate surface area is 114 Å². The molecule has 2 aromatic heterocycles. The molecule has 3 rings (SSSR count). The van der Waals surface area contributed by atoms with Crippen LogP contribution in [-0.4, -0.2) is 4.57 Å². The topological polar surface area (TPSA) is 44.1 Å². The number of rotatable bonds is 3. The van der Waals surface area contributed by atoms with E-state index in [0.717, 1.165) is 25.0 Å². The van der Waals surface area contributed by atoms with E-state index in [-0.39, 0.29) is 6.04 Å². The molecule has 0 aliphatic heterocycles. The molecular formula is C16H22N2O. The Balaban J connectivity index is 1.92. The molecule has 3 heteroatoms. The molecule has 3 nitrogen and oxygen atoms in total. The molecule has 19 heavy (non-hydrogen) atoms. The van der Waals surface area contributed by atoms with Gasteiger partial charge in [-0.15, -0.1) is 0 Å². The highest BCUT2D eigenvalue weighted by atomic mass is 16.3. The van der Waals surface area contributed by atoms with Gasteiger partial charge in [0.15, 0.2) is 0 Å². The van der Waals surface area contributed by atoms with E-state index in [0.29, 0.717) is 6.04 Å². The number of aryl methyl sites for hydroxylation is 1. The van der Waals surface area contributed by atoms with Crippen molar-refractivity contribution in [3.8, 4) is 0 Å². The molecule has 2 unspecified atom stereocenters. The van der Waals surface area contributed by atoms with Crippen molar-refractivity contribution in [2.45, 2.75) is 51.6 Å². The molecule has 0 saturated heterocycles. The summed E-state index contributed by atoms with van der Waals surface area (Å²) in [5, 5.41) is 0. The van der Waals surface area contributed by atoms with Gasteiger partial charge in [-0.1, -0.05) is 0 Å². The van der Waals surface area contributed by atoms with Gasteiger partial charge in [0.25, 0.3) is 0 Å². The van der Waals surface area contributed by atoms with E-state index in [1.54, 1.807) is 6.26 Å². The van der Waals surface area contributed by atoms with Gasteiger partial charge in [0, 0.05) is 29.9 Å². The minimum Gasteiger partial charge on any atom is -0.469 e. The van der Waals surface area contributed by atoms with E-state index in [9.17, 15) is 0 Å². The second-order valence-corrected chi connectivity index (χ2v) is 5.69. The van der Waals surface area contributed by atoms with E-state index >= 15 is 0 Å². The van der Waals surface area contributed by atoms with Crippen LogP contribution in [0.15, 0.2) is 28.9 Å². The molecule has 2 atom stereocenters. The fourth-order valence-corrected chi connectivity index (χ4v) is 3.39. The number of furan rings is 1. The molecule has 0 saturated carbocycles. The lowest BCUT2D eigenvalue weighted by atomic mass is 9.93. The summed E-state index contributed by atoms with van der Waals surface area (Å²) >= 11 is 0. The molecule has 0 radical (unpaired) electrons. The average molecular weight is 258 g/mol. The summed E-state index contributed by atoms with van der Waals surface area (Å²) in [6, 6.07) is 6.92.